The van der Waals surface area contributed by atoms with Crippen LogP contribution in [0, 0.1) is 0 Å². The van der Waals surface area contributed by atoms with Crippen molar-refractivity contribution in [3.05, 3.63) is 63.6 Å². The number of fused-ring (bicyclic) bond motifs is 1. The summed E-state index contributed by atoms with van der Waals surface area (Å²) in [7, 11) is 0. The third kappa shape index (κ3) is 3.01. The highest BCUT2D eigenvalue weighted by atomic mass is 35.5. The first-order valence-electron chi connectivity index (χ1n) is 7.42. The van der Waals surface area contributed by atoms with Crippen LogP contribution in [-0.2, 0) is 9.59 Å². The number of anilines is 1. The summed E-state index contributed by atoms with van der Waals surface area (Å²) in [6, 6.07) is 12.3. The molecular formula is C17H11Cl2N3O2S. The normalized spacial score (nSPS) is 21.0. The van der Waals surface area contributed by atoms with Gasteiger partial charge in [-0.3, -0.25) is 9.59 Å². The fourth-order valence-electron chi connectivity index (χ4n) is 2.72. The number of hydrogen-bond donors (Lipinski definition) is 1. The van der Waals surface area contributed by atoms with E-state index in [9.17, 15) is 9.59 Å². The molecule has 4 rings (SSSR count). The summed E-state index contributed by atoms with van der Waals surface area (Å²) in [6.45, 7) is 0. The first-order chi connectivity index (χ1) is 12.0. The first-order valence-corrected chi connectivity index (χ1v) is 9.22. The maximum atomic E-state index is 12.3. The van der Waals surface area contributed by atoms with E-state index < -0.39 is 0 Å². The van der Waals surface area contributed by atoms with Crippen LogP contribution in [0.15, 0.2) is 47.6 Å². The molecule has 126 valence electrons. The topological polar surface area (TPSA) is 61.8 Å². The Labute approximate surface area is 158 Å². The van der Waals surface area contributed by atoms with Crippen molar-refractivity contribution in [3.63, 3.8) is 0 Å². The molecule has 25 heavy (non-hydrogen) atoms. The Morgan fingerprint density at radius 1 is 1.08 bits per heavy atom. The summed E-state index contributed by atoms with van der Waals surface area (Å²) < 4.78 is 0. The van der Waals surface area contributed by atoms with Gasteiger partial charge in [0.1, 0.15) is 5.37 Å². The van der Waals surface area contributed by atoms with Crippen molar-refractivity contribution < 1.29 is 9.59 Å². The molecule has 1 N–H and O–H groups in total. The van der Waals surface area contributed by atoms with Crippen LogP contribution in [0.25, 0.3) is 0 Å². The van der Waals surface area contributed by atoms with Crippen LogP contribution < -0.4 is 5.32 Å². The smallest absolute Gasteiger partial charge is 0.276 e. The number of nitrogens with zero attached hydrogens (tertiary/aromatic N) is 2. The van der Waals surface area contributed by atoms with Crippen LogP contribution in [-0.4, -0.2) is 28.3 Å². The number of amides is 2. The predicted octanol–water partition coefficient (Wildman–Crippen LogP) is 3.92. The lowest BCUT2D eigenvalue weighted by Gasteiger charge is -2.19. The van der Waals surface area contributed by atoms with Gasteiger partial charge in [-0.05, 0) is 35.9 Å². The molecule has 2 aromatic carbocycles. The Bertz CT molecular complexity index is 915. The molecule has 0 radical (unpaired) electrons. The van der Waals surface area contributed by atoms with E-state index in [1.54, 1.807) is 30.3 Å². The number of thioether (sulfide) groups is 1. The molecule has 0 spiro atoms. The van der Waals surface area contributed by atoms with Crippen molar-refractivity contribution in [2.45, 2.75) is 5.37 Å². The van der Waals surface area contributed by atoms with Crippen molar-refractivity contribution in [2.75, 3.05) is 11.1 Å². The highest BCUT2D eigenvalue weighted by molar-refractivity contribution is 8.00. The van der Waals surface area contributed by atoms with Crippen molar-refractivity contribution in [2.24, 2.45) is 5.10 Å². The largest absolute Gasteiger partial charge is 0.320 e. The molecule has 0 bridgehead atoms. The molecule has 2 aromatic rings. The minimum atomic E-state index is -0.350. The van der Waals surface area contributed by atoms with Crippen molar-refractivity contribution >= 4 is 58.2 Å². The number of hydrazone groups is 1. The third-order valence-corrected chi connectivity index (χ3v) is 5.59. The second kappa shape index (κ2) is 6.37. The molecule has 1 fully saturated rings. The second-order valence-electron chi connectivity index (χ2n) is 5.55. The number of carbonyl (C=O) groups excluding carboxylic acids is 2. The average molecular weight is 392 g/mol. The van der Waals surface area contributed by atoms with E-state index in [2.05, 4.69) is 10.4 Å². The molecule has 0 aliphatic carbocycles. The zero-order valence-electron chi connectivity index (χ0n) is 12.7. The lowest BCUT2D eigenvalue weighted by atomic mass is 10.1. The standard InChI is InChI=1S/C17H11Cl2N3O2S/c18-10-3-1-9(2-4-10)17-22(14(23)8-25-17)21-15-12-7-11(19)5-6-13(12)20-16(15)24/h1-7,17H,8H2,(H,20,21,24). The van der Waals surface area contributed by atoms with E-state index in [0.29, 0.717) is 27.0 Å². The van der Waals surface area contributed by atoms with E-state index >= 15 is 0 Å². The lowest BCUT2D eigenvalue weighted by molar-refractivity contribution is -0.128. The van der Waals surface area contributed by atoms with Gasteiger partial charge in [-0.1, -0.05) is 35.3 Å². The zero-order valence-corrected chi connectivity index (χ0v) is 15.0. The van der Waals surface area contributed by atoms with Crippen LogP contribution in [0.1, 0.15) is 16.5 Å². The minimum absolute atomic E-state index is 0.152. The molecule has 2 amide bonds. The Hall–Kier alpha value is -2.02. The summed E-state index contributed by atoms with van der Waals surface area (Å²) in [4.78, 5) is 24.6. The molecular weight excluding hydrogens is 381 g/mol. The van der Waals surface area contributed by atoms with Gasteiger partial charge in [0.15, 0.2) is 5.71 Å². The quantitative estimate of drug-likeness (QED) is 0.843. The maximum Gasteiger partial charge on any atom is 0.276 e. The van der Waals surface area contributed by atoms with Crippen molar-refractivity contribution in [3.8, 4) is 0 Å². The molecule has 2 aliphatic heterocycles. The van der Waals surface area contributed by atoms with E-state index in [1.165, 1.54) is 16.8 Å². The Balaban J connectivity index is 1.74. The second-order valence-corrected chi connectivity index (χ2v) is 7.49. The molecule has 5 nitrogen and oxygen atoms in total. The van der Waals surface area contributed by atoms with Crippen LogP contribution >= 0.6 is 35.0 Å². The van der Waals surface area contributed by atoms with Crippen LogP contribution in [0.5, 0.6) is 0 Å². The van der Waals surface area contributed by atoms with E-state index in [4.69, 9.17) is 23.2 Å². The fourth-order valence-corrected chi connectivity index (χ4v) is 4.11. The molecule has 2 aliphatic rings. The molecule has 0 aromatic heterocycles. The van der Waals surface area contributed by atoms with Gasteiger partial charge in [0.25, 0.3) is 11.8 Å². The van der Waals surface area contributed by atoms with Gasteiger partial charge < -0.3 is 5.32 Å². The zero-order chi connectivity index (χ0) is 17.6. The highest BCUT2D eigenvalue weighted by Gasteiger charge is 2.36. The summed E-state index contributed by atoms with van der Waals surface area (Å²) in [5.41, 5.74) is 2.31. The predicted molar refractivity (Wildman–Crippen MR) is 100 cm³/mol. The van der Waals surface area contributed by atoms with E-state index in [0.717, 1.165) is 5.56 Å². The average Bonchev–Trinajstić information content (AvgIpc) is 3.10. The van der Waals surface area contributed by atoms with Gasteiger partial charge in [-0.2, -0.15) is 5.10 Å². The molecule has 1 saturated heterocycles. The summed E-state index contributed by atoms with van der Waals surface area (Å²) in [6.07, 6.45) is 0. The minimum Gasteiger partial charge on any atom is -0.320 e. The number of rotatable bonds is 2. The van der Waals surface area contributed by atoms with Gasteiger partial charge in [0, 0.05) is 15.6 Å². The Kier molecular flexibility index (Phi) is 4.19. The SMILES string of the molecule is O=C1Nc2ccc(Cl)cc2C1=NN1C(=O)CSC1c1ccc(Cl)cc1. The third-order valence-electron chi connectivity index (χ3n) is 3.91. The van der Waals surface area contributed by atoms with Gasteiger partial charge in [0.05, 0.1) is 11.4 Å². The van der Waals surface area contributed by atoms with Crippen LogP contribution in [0.3, 0.4) is 0 Å². The fraction of sp³-hybridized carbons (Fsp3) is 0.118. The van der Waals surface area contributed by atoms with Gasteiger partial charge in [-0.25, -0.2) is 5.01 Å². The number of nitrogens with one attached hydrogen (secondary N) is 1. The molecule has 8 heteroatoms. The van der Waals surface area contributed by atoms with Crippen LogP contribution in [0.2, 0.25) is 10.0 Å². The van der Waals surface area contributed by atoms with Crippen molar-refractivity contribution in [1.29, 1.82) is 0 Å². The lowest BCUT2D eigenvalue weighted by Crippen LogP contribution is -2.27. The summed E-state index contributed by atoms with van der Waals surface area (Å²) >= 11 is 13.4. The summed E-state index contributed by atoms with van der Waals surface area (Å²) in [5, 5.41) is 9.29. The molecule has 0 saturated carbocycles. The summed E-state index contributed by atoms with van der Waals surface area (Å²) in [5.74, 6) is -0.203. The monoisotopic (exact) mass is 391 g/mol. The first kappa shape index (κ1) is 16.4. The Morgan fingerprint density at radius 2 is 1.80 bits per heavy atom. The number of carbonyl (C=O) groups is 2. The van der Waals surface area contributed by atoms with E-state index in [1.807, 2.05) is 12.1 Å². The molecule has 1 unspecified atom stereocenters. The highest BCUT2D eigenvalue weighted by Crippen LogP contribution is 2.40. The number of benzene rings is 2. The Morgan fingerprint density at radius 3 is 2.56 bits per heavy atom. The van der Waals surface area contributed by atoms with Crippen LogP contribution in [0.4, 0.5) is 5.69 Å². The van der Waals surface area contributed by atoms with E-state index in [-0.39, 0.29) is 22.9 Å². The molecule has 2 heterocycles. The van der Waals surface area contributed by atoms with Gasteiger partial charge in [-0.15, -0.1) is 11.8 Å². The van der Waals surface area contributed by atoms with Gasteiger partial charge >= 0.3 is 0 Å². The maximum absolute atomic E-state index is 12.3. The molecule has 1 atom stereocenters. The van der Waals surface area contributed by atoms with Crippen molar-refractivity contribution in [1.82, 2.24) is 5.01 Å². The van der Waals surface area contributed by atoms with Gasteiger partial charge in [0.2, 0.25) is 0 Å². The number of hydrogen-bond acceptors (Lipinski definition) is 4. The number of halogens is 2.